The van der Waals surface area contributed by atoms with Crippen LogP contribution in [0.3, 0.4) is 0 Å². The highest BCUT2D eigenvalue weighted by molar-refractivity contribution is 5.32. The summed E-state index contributed by atoms with van der Waals surface area (Å²) in [6.45, 7) is 2.24. The van der Waals surface area contributed by atoms with Crippen LogP contribution < -0.4 is 10.5 Å². The van der Waals surface area contributed by atoms with Crippen molar-refractivity contribution in [1.82, 2.24) is 0 Å². The summed E-state index contributed by atoms with van der Waals surface area (Å²) in [6.07, 6.45) is 0.765. The van der Waals surface area contributed by atoms with Crippen molar-refractivity contribution in [3.63, 3.8) is 0 Å². The van der Waals surface area contributed by atoms with E-state index in [0.717, 1.165) is 12.0 Å². The molecule has 2 aromatic carbocycles. The molecule has 2 nitrogen and oxygen atoms in total. The van der Waals surface area contributed by atoms with Crippen molar-refractivity contribution in [3.05, 3.63) is 65.5 Å². The number of nitrogens with two attached hydrogens (primary N) is 1. The molecule has 19 heavy (non-hydrogen) atoms. The Morgan fingerprint density at radius 1 is 1.16 bits per heavy atom. The molecule has 2 rings (SSSR count). The van der Waals surface area contributed by atoms with Crippen LogP contribution in [0.1, 0.15) is 11.1 Å². The van der Waals surface area contributed by atoms with Crippen LogP contribution in [-0.2, 0) is 6.42 Å². The van der Waals surface area contributed by atoms with Crippen LogP contribution in [0.5, 0.6) is 5.75 Å². The summed E-state index contributed by atoms with van der Waals surface area (Å²) in [4.78, 5) is 0. The molecule has 100 valence electrons. The summed E-state index contributed by atoms with van der Waals surface area (Å²) in [7, 11) is 0. The van der Waals surface area contributed by atoms with Crippen molar-refractivity contribution in [3.8, 4) is 5.75 Å². The Bertz CT molecular complexity index is 528. The molecule has 0 aromatic heterocycles. The minimum Gasteiger partial charge on any atom is -0.492 e. The van der Waals surface area contributed by atoms with Gasteiger partial charge in [-0.2, -0.15) is 0 Å². The molecule has 0 heterocycles. The van der Waals surface area contributed by atoms with Crippen molar-refractivity contribution in [1.29, 1.82) is 0 Å². The number of benzene rings is 2. The van der Waals surface area contributed by atoms with E-state index in [-0.39, 0.29) is 11.9 Å². The predicted molar refractivity (Wildman–Crippen MR) is 74.8 cm³/mol. The van der Waals surface area contributed by atoms with Crippen LogP contribution in [0.15, 0.2) is 48.5 Å². The van der Waals surface area contributed by atoms with Crippen molar-refractivity contribution >= 4 is 0 Å². The van der Waals surface area contributed by atoms with Gasteiger partial charge in [0.05, 0.1) is 0 Å². The average Bonchev–Trinajstić information content (AvgIpc) is 2.39. The molecule has 0 aliphatic rings. The smallest absolute Gasteiger partial charge is 0.123 e. The second-order valence-corrected chi connectivity index (χ2v) is 4.67. The van der Waals surface area contributed by atoms with Gasteiger partial charge in [-0.3, -0.25) is 0 Å². The molecule has 2 N–H and O–H groups in total. The van der Waals surface area contributed by atoms with Gasteiger partial charge < -0.3 is 10.5 Å². The minimum absolute atomic E-state index is 0.0770. The molecule has 0 bridgehead atoms. The predicted octanol–water partition coefficient (Wildman–Crippen LogP) is 3.08. The van der Waals surface area contributed by atoms with Crippen molar-refractivity contribution in [2.24, 2.45) is 5.73 Å². The first kappa shape index (κ1) is 13.6. The van der Waals surface area contributed by atoms with Crippen LogP contribution in [0.25, 0.3) is 0 Å². The van der Waals surface area contributed by atoms with Gasteiger partial charge in [0.1, 0.15) is 18.2 Å². The van der Waals surface area contributed by atoms with Gasteiger partial charge in [-0.05, 0) is 42.7 Å². The molecular formula is C16H18FNO. The van der Waals surface area contributed by atoms with Crippen LogP contribution in [0, 0.1) is 12.7 Å². The average molecular weight is 259 g/mol. The Balaban J connectivity index is 1.88. The number of hydrogen-bond donors (Lipinski definition) is 1. The molecule has 0 radical (unpaired) electrons. The summed E-state index contributed by atoms with van der Waals surface area (Å²) < 4.78 is 18.6. The Morgan fingerprint density at radius 3 is 2.58 bits per heavy atom. The fourth-order valence-electron chi connectivity index (χ4n) is 1.95. The number of hydrogen-bond acceptors (Lipinski definition) is 2. The zero-order valence-electron chi connectivity index (χ0n) is 11.0. The molecule has 0 saturated carbocycles. The summed E-state index contributed by atoms with van der Waals surface area (Å²) in [6, 6.07) is 14.5. The van der Waals surface area contributed by atoms with Gasteiger partial charge in [0.25, 0.3) is 0 Å². The molecule has 0 fully saturated rings. The standard InChI is InChI=1S/C16H18FNO/c1-12-9-14(17)7-8-16(12)19-11-15(18)10-13-5-3-2-4-6-13/h2-9,15H,10-11,18H2,1H3. The van der Waals surface area contributed by atoms with E-state index in [4.69, 9.17) is 10.5 Å². The van der Waals surface area contributed by atoms with E-state index in [2.05, 4.69) is 0 Å². The van der Waals surface area contributed by atoms with Crippen LogP contribution in [0.4, 0.5) is 4.39 Å². The second kappa shape index (κ2) is 6.34. The van der Waals surface area contributed by atoms with Crippen LogP contribution in [-0.4, -0.2) is 12.6 Å². The third kappa shape index (κ3) is 4.07. The molecule has 0 aliphatic carbocycles. The Morgan fingerprint density at radius 2 is 1.89 bits per heavy atom. The first-order chi connectivity index (χ1) is 9.15. The van der Waals surface area contributed by atoms with E-state index < -0.39 is 0 Å². The fourth-order valence-corrected chi connectivity index (χ4v) is 1.95. The number of halogens is 1. The van der Waals surface area contributed by atoms with E-state index >= 15 is 0 Å². The van der Waals surface area contributed by atoms with Gasteiger partial charge in [0.2, 0.25) is 0 Å². The van der Waals surface area contributed by atoms with Crippen molar-refractivity contribution < 1.29 is 9.13 Å². The Hall–Kier alpha value is -1.87. The lowest BCUT2D eigenvalue weighted by Crippen LogP contribution is -2.30. The molecule has 0 spiro atoms. The van der Waals surface area contributed by atoms with Gasteiger partial charge in [-0.1, -0.05) is 30.3 Å². The lowest BCUT2D eigenvalue weighted by Gasteiger charge is -2.14. The molecular weight excluding hydrogens is 241 g/mol. The van der Waals surface area contributed by atoms with Crippen LogP contribution >= 0.6 is 0 Å². The maximum Gasteiger partial charge on any atom is 0.123 e. The third-order valence-electron chi connectivity index (χ3n) is 2.93. The van der Waals surface area contributed by atoms with Crippen molar-refractivity contribution in [2.75, 3.05) is 6.61 Å². The van der Waals surface area contributed by atoms with Crippen LogP contribution in [0.2, 0.25) is 0 Å². The first-order valence-corrected chi connectivity index (χ1v) is 6.33. The highest BCUT2D eigenvalue weighted by Crippen LogP contribution is 2.18. The molecule has 0 aliphatic heterocycles. The highest BCUT2D eigenvalue weighted by atomic mass is 19.1. The van der Waals surface area contributed by atoms with Gasteiger partial charge in [0.15, 0.2) is 0 Å². The topological polar surface area (TPSA) is 35.2 Å². The molecule has 0 saturated heterocycles. The zero-order valence-corrected chi connectivity index (χ0v) is 11.0. The molecule has 1 atom stereocenters. The fraction of sp³-hybridized carbons (Fsp3) is 0.250. The zero-order chi connectivity index (χ0) is 13.7. The number of ether oxygens (including phenoxy) is 1. The quantitative estimate of drug-likeness (QED) is 0.895. The second-order valence-electron chi connectivity index (χ2n) is 4.67. The van der Waals surface area contributed by atoms with Gasteiger partial charge in [-0.15, -0.1) is 0 Å². The SMILES string of the molecule is Cc1cc(F)ccc1OCC(N)Cc1ccccc1. The number of rotatable bonds is 5. The summed E-state index contributed by atoms with van der Waals surface area (Å²) in [5.41, 5.74) is 8.01. The largest absolute Gasteiger partial charge is 0.492 e. The van der Waals surface area contributed by atoms with Gasteiger partial charge in [-0.25, -0.2) is 4.39 Å². The molecule has 1 unspecified atom stereocenters. The lowest BCUT2D eigenvalue weighted by molar-refractivity contribution is 0.285. The molecule has 2 aromatic rings. The maximum absolute atomic E-state index is 13.0. The summed E-state index contributed by atoms with van der Waals surface area (Å²) >= 11 is 0. The van der Waals surface area contributed by atoms with E-state index in [0.29, 0.717) is 12.4 Å². The molecule has 0 amide bonds. The Labute approximate surface area is 113 Å². The Kier molecular flexibility index (Phi) is 4.53. The van der Waals surface area contributed by atoms with E-state index in [1.54, 1.807) is 6.07 Å². The van der Waals surface area contributed by atoms with Crippen molar-refractivity contribution in [2.45, 2.75) is 19.4 Å². The summed E-state index contributed by atoms with van der Waals surface area (Å²) in [5, 5.41) is 0. The lowest BCUT2D eigenvalue weighted by atomic mass is 10.1. The monoisotopic (exact) mass is 259 g/mol. The van der Waals surface area contributed by atoms with E-state index in [1.165, 1.54) is 17.7 Å². The number of aryl methyl sites for hydroxylation is 1. The van der Waals surface area contributed by atoms with Gasteiger partial charge >= 0.3 is 0 Å². The first-order valence-electron chi connectivity index (χ1n) is 6.33. The maximum atomic E-state index is 13.0. The third-order valence-corrected chi connectivity index (χ3v) is 2.93. The highest BCUT2D eigenvalue weighted by Gasteiger charge is 2.07. The molecule has 3 heteroatoms. The minimum atomic E-state index is -0.251. The summed E-state index contributed by atoms with van der Waals surface area (Å²) in [5.74, 6) is 0.434. The van der Waals surface area contributed by atoms with E-state index in [9.17, 15) is 4.39 Å². The van der Waals surface area contributed by atoms with E-state index in [1.807, 2.05) is 37.3 Å². The normalized spacial score (nSPS) is 12.2. The van der Waals surface area contributed by atoms with Gasteiger partial charge in [0, 0.05) is 6.04 Å².